The van der Waals surface area contributed by atoms with Gasteiger partial charge in [-0.3, -0.25) is 0 Å². The molecule has 0 aromatic rings. The molecule has 0 amide bonds. The lowest BCUT2D eigenvalue weighted by Gasteiger charge is -2.33. The molecule has 0 heterocycles. The quantitative estimate of drug-likeness (QED) is 0.439. The van der Waals surface area contributed by atoms with Crippen LogP contribution in [0, 0.1) is 0 Å². The third-order valence-corrected chi connectivity index (χ3v) is 2.76. The number of hydrogen-bond donors (Lipinski definition) is 1. The van der Waals surface area contributed by atoms with Crippen molar-refractivity contribution in [2.45, 2.75) is 49.8 Å². The number of rotatable bonds is 11. The molecule has 0 aliphatic heterocycles. The second-order valence-electron chi connectivity index (χ2n) is 4.95. The lowest BCUT2D eigenvalue weighted by atomic mass is 10.0. The minimum Gasteiger partial charge on any atom is -0.388 e. The van der Waals surface area contributed by atoms with Crippen LogP contribution in [-0.4, -0.2) is 61.6 Å². The molecule has 0 saturated carbocycles. The molecule has 146 valence electrons. The topological polar surface area (TPSA) is 38.7 Å². The Morgan fingerprint density at radius 2 is 1.33 bits per heavy atom. The average molecular weight is 380 g/mol. The van der Waals surface area contributed by atoms with Crippen LogP contribution in [0.25, 0.3) is 0 Å². The first-order valence-electron chi connectivity index (χ1n) is 6.74. The second kappa shape index (κ2) is 8.56. The van der Waals surface area contributed by atoms with Crippen LogP contribution in [0.1, 0.15) is 19.8 Å². The van der Waals surface area contributed by atoms with Crippen molar-refractivity contribution in [2.24, 2.45) is 0 Å². The highest BCUT2D eigenvalue weighted by atomic mass is 19.4. The molecule has 1 atom stereocenters. The summed E-state index contributed by atoms with van der Waals surface area (Å²) in [5, 5.41) is 9.23. The van der Waals surface area contributed by atoms with E-state index in [2.05, 4.69) is 4.74 Å². The summed E-state index contributed by atoms with van der Waals surface area (Å²) in [6, 6.07) is 0. The maximum atomic E-state index is 13.1. The zero-order valence-electron chi connectivity index (χ0n) is 12.5. The molecule has 0 aromatic heterocycles. The molecular weight excluding hydrogens is 363 g/mol. The van der Waals surface area contributed by atoms with Gasteiger partial charge in [-0.15, -0.1) is 0 Å². The van der Waals surface area contributed by atoms with Crippen molar-refractivity contribution in [1.29, 1.82) is 0 Å². The third-order valence-electron chi connectivity index (χ3n) is 2.76. The molecule has 3 nitrogen and oxygen atoms in total. The minimum absolute atomic E-state index is 0.222. The van der Waals surface area contributed by atoms with Crippen molar-refractivity contribution >= 4 is 0 Å². The van der Waals surface area contributed by atoms with E-state index in [0.717, 1.165) is 6.42 Å². The van der Waals surface area contributed by atoms with E-state index in [1.54, 1.807) is 0 Å². The van der Waals surface area contributed by atoms with Gasteiger partial charge in [0, 0.05) is 6.61 Å². The van der Waals surface area contributed by atoms with Crippen molar-refractivity contribution in [3.63, 3.8) is 0 Å². The lowest BCUT2D eigenvalue weighted by Crippen LogP contribution is -2.62. The Morgan fingerprint density at radius 3 is 1.79 bits per heavy atom. The smallest absolute Gasteiger partial charge is 0.388 e. The van der Waals surface area contributed by atoms with Crippen LogP contribution in [0.2, 0.25) is 0 Å². The molecule has 0 aliphatic rings. The Balaban J connectivity index is 4.58. The van der Waals surface area contributed by atoms with E-state index in [9.17, 15) is 44.6 Å². The Bertz CT molecular complexity index is 371. The van der Waals surface area contributed by atoms with Crippen LogP contribution in [0.4, 0.5) is 39.5 Å². The highest BCUT2D eigenvalue weighted by Crippen LogP contribution is 2.53. The summed E-state index contributed by atoms with van der Waals surface area (Å²) in [5.41, 5.74) is 0. The SMILES string of the molecule is CCCCOCC(O)COCC(F)(F)C(F)(F)C(F)(F)C(F)(F)F. The predicted molar refractivity (Wildman–Crippen MR) is 63.4 cm³/mol. The number of ether oxygens (including phenoxy) is 2. The van der Waals surface area contributed by atoms with Gasteiger partial charge in [-0.05, 0) is 6.42 Å². The van der Waals surface area contributed by atoms with Crippen LogP contribution in [0.5, 0.6) is 0 Å². The van der Waals surface area contributed by atoms with E-state index in [1.807, 2.05) is 6.92 Å². The number of hydrogen-bond acceptors (Lipinski definition) is 3. The zero-order chi connectivity index (χ0) is 19.2. The number of aliphatic hydroxyl groups is 1. The first-order chi connectivity index (χ1) is 10.7. The monoisotopic (exact) mass is 380 g/mol. The number of unbranched alkanes of at least 4 members (excludes halogenated alkanes) is 1. The highest BCUT2D eigenvalue weighted by molar-refractivity contribution is 5.00. The minimum atomic E-state index is -6.95. The van der Waals surface area contributed by atoms with Crippen molar-refractivity contribution < 1.29 is 54.1 Å². The molecule has 1 N–H and O–H groups in total. The molecule has 0 saturated heterocycles. The fourth-order valence-electron chi connectivity index (χ4n) is 1.34. The van der Waals surface area contributed by atoms with Gasteiger partial charge < -0.3 is 14.6 Å². The summed E-state index contributed by atoms with van der Waals surface area (Å²) in [6.07, 6.45) is -7.01. The molecule has 0 spiro atoms. The predicted octanol–water partition coefficient (Wildman–Crippen LogP) is 3.65. The van der Waals surface area contributed by atoms with Crippen molar-refractivity contribution in [3.05, 3.63) is 0 Å². The highest BCUT2D eigenvalue weighted by Gasteiger charge is 2.81. The van der Waals surface area contributed by atoms with E-state index in [0.29, 0.717) is 6.42 Å². The Kier molecular flexibility index (Phi) is 8.30. The summed E-state index contributed by atoms with van der Waals surface area (Å²) in [6.45, 7) is -1.78. The average Bonchev–Trinajstić information content (AvgIpc) is 2.41. The second-order valence-corrected chi connectivity index (χ2v) is 4.95. The zero-order valence-corrected chi connectivity index (χ0v) is 12.5. The van der Waals surface area contributed by atoms with Crippen molar-refractivity contribution in [1.82, 2.24) is 0 Å². The largest absolute Gasteiger partial charge is 0.460 e. The molecular formula is C12H17F9O3. The van der Waals surface area contributed by atoms with Gasteiger partial charge in [-0.2, -0.15) is 39.5 Å². The Hall–Kier alpha value is -0.750. The summed E-state index contributed by atoms with van der Waals surface area (Å²) < 4.78 is 121. The third kappa shape index (κ3) is 5.66. The molecule has 0 fully saturated rings. The van der Waals surface area contributed by atoms with Crippen LogP contribution in [0.3, 0.4) is 0 Å². The summed E-state index contributed by atoms with van der Waals surface area (Å²) in [5.74, 6) is -19.5. The van der Waals surface area contributed by atoms with E-state index < -0.39 is 49.9 Å². The normalized spacial score (nSPS) is 15.6. The maximum absolute atomic E-state index is 13.1. The van der Waals surface area contributed by atoms with Gasteiger partial charge in [-0.1, -0.05) is 13.3 Å². The van der Waals surface area contributed by atoms with Gasteiger partial charge in [-0.25, -0.2) is 0 Å². The van der Waals surface area contributed by atoms with Gasteiger partial charge in [0.05, 0.1) is 13.2 Å². The van der Waals surface area contributed by atoms with E-state index in [4.69, 9.17) is 4.74 Å². The van der Waals surface area contributed by atoms with Crippen LogP contribution in [-0.2, 0) is 9.47 Å². The Labute approximate surface area is 131 Å². The van der Waals surface area contributed by atoms with Gasteiger partial charge in [0.15, 0.2) is 0 Å². The summed E-state index contributed by atoms with van der Waals surface area (Å²) >= 11 is 0. The van der Waals surface area contributed by atoms with E-state index >= 15 is 0 Å². The van der Waals surface area contributed by atoms with E-state index in [1.165, 1.54) is 0 Å². The van der Waals surface area contributed by atoms with Crippen LogP contribution in [0.15, 0.2) is 0 Å². The molecule has 24 heavy (non-hydrogen) atoms. The van der Waals surface area contributed by atoms with Gasteiger partial charge in [0.2, 0.25) is 0 Å². The van der Waals surface area contributed by atoms with E-state index in [-0.39, 0.29) is 6.61 Å². The molecule has 0 aliphatic carbocycles. The number of halogens is 9. The molecule has 1 unspecified atom stereocenters. The summed E-state index contributed by atoms with van der Waals surface area (Å²) in [4.78, 5) is 0. The van der Waals surface area contributed by atoms with Crippen LogP contribution < -0.4 is 0 Å². The lowest BCUT2D eigenvalue weighted by molar-refractivity contribution is -0.400. The van der Waals surface area contributed by atoms with Crippen molar-refractivity contribution in [3.8, 4) is 0 Å². The number of aliphatic hydroxyl groups excluding tert-OH is 1. The standard InChI is InChI=1S/C12H17F9O3/c1-2-3-4-23-5-8(22)6-24-7-9(13,14)10(15,16)11(17,18)12(19,20)21/h8,22H,2-7H2,1H3. The van der Waals surface area contributed by atoms with Gasteiger partial charge >= 0.3 is 23.9 Å². The fourth-order valence-corrected chi connectivity index (χ4v) is 1.34. The molecule has 0 aromatic carbocycles. The summed E-state index contributed by atoms with van der Waals surface area (Å²) in [7, 11) is 0. The molecule has 0 radical (unpaired) electrons. The first-order valence-corrected chi connectivity index (χ1v) is 6.74. The fraction of sp³-hybridized carbons (Fsp3) is 1.00. The van der Waals surface area contributed by atoms with Crippen LogP contribution >= 0.6 is 0 Å². The molecule has 0 rings (SSSR count). The molecule has 12 heteroatoms. The Morgan fingerprint density at radius 1 is 0.833 bits per heavy atom. The van der Waals surface area contributed by atoms with Gasteiger partial charge in [0.1, 0.15) is 12.7 Å². The maximum Gasteiger partial charge on any atom is 0.460 e. The van der Waals surface area contributed by atoms with Crippen molar-refractivity contribution in [2.75, 3.05) is 26.4 Å². The molecule has 0 bridgehead atoms. The van der Waals surface area contributed by atoms with Gasteiger partial charge in [0.25, 0.3) is 0 Å². The first kappa shape index (κ1) is 23.2. The number of alkyl halides is 9.